The first kappa shape index (κ1) is 13.0. The van der Waals surface area contributed by atoms with Gasteiger partial charge in [0, 0.05) is 0 Å². The van der Waals surface area contributed by atoms with E-state index in [1.165, 1.54) is 19.4 Å². The van der Waals surface area contributed by atoms with Gasteiger partial charge in [0.15, 0.2) is 0 Å². The molecule has 1 N–H and O–H groups in total. The third kappa shape index (κ3) is 5.30. The molecular weight excluding hydrogens is 158 g/mol. The quantitative estimate of drug-likeness (QED) is 0.600. The molecule has 0 aromatic rings. The maximum Gasteiger partial charge on any atom is -0.00205 e. The molecule has 0 bridgehead atoms. The van der Waals surface area contributed by atoms with Gasteiger partial charge in [-0.05, 0) is 37.3 Å². The lowest BCUT2D eigenvalue weighted by Crippen LogP contribution is -2.28. The highest BCUT2D eigenvalue weighted by molar-refractivity contribution is 4.68. The van der Waals surface area contributed by atoms with Crippen LogP contribution in [0.5, 0.6) is 0 Å². The summed E-state index contributed by atoms with van der Waals surface area (Å²) in [5, 5.41) is 3.49. The van der Waals surface area contributed by atoms with Crippen LogP contribution in [0.2, 0.25) is 0 Å². The van der Waals surface area contributed by atoms with Crippen LogP contribution >= 0.6 is 0 Å². The van der Waals surface area contributed by atoms with E-state index in [0.717, 1.165) is 24.3 Å². The van der Waals surface area contributed by atoms with Crippen LogP contribution in [0.1, 0.15) is 47.5 Å². The summed E-state index contributed by atoms with van der Waals surface area (Å²) in [5.41, 5.74) is 0. The molecule has 0 saturated heterocycles. The van der Waals surface area contributed by atoms with Gasteiger partial charge in [0.1, 0.15) is 0 Å². The van der Waals surface area contributed by atoms with Gasteiger partial charge in [-0.15, -0.1) is 0 Å². The van der Waals surface area contributed by atoms with E-state index in [1.54, 1.807) is 0 Å². The summed E-state index contributed by atoms with van der Waals surface area (Å²) < 4.78 is 0. The zero-order valence-electron chi connectivity index (χ0n) is 10.1. The van der Waals surface area contributed by atoms with Crippen molar-refractivity contribution in [1.29, 1.82) is 0 Å². The summed E-state index contributed by atoms with van der Waals surface area (Å²) in [7, 11) is 0. The van der Waals surface area contributed by atoms with Crippen molar-refractivity contribution < 1.29 is 0 Å². The molecule has 1 heteroatoms. The molecule has 3 unspecified atom stereocenters. The molecule has 0 aliphatic heterocycles. The Bertz CT molecular complexity index is 112. The van der Waals surface area contributed by atoms with Crippen LogP contribution in [0.3, 0.4) is 0 Å². The first-order valence-electron chi connectivity index (χ1n) is 5.84. The van der Waals surface area contributed by atoms with Gasteiger partial charge in [-0.1, -0.05) is 41.0 Å². The topological polar surface area (TPSA) is 12.0 Å². The molecule has 0 heterocycles. The second-order valence-electron chi connectivity index (χ2n) is 4.43. The van der Waals surface area contributed by atoms with Crippen LogP contribution in [0.4, 0.5) is 0 Å². The van der Waals surface area contributed by atoms with Gasteiger partial charge in [-0.3, -0.25) is 0 Å². The number of rotatable bonds is 7. The third-order valence-corrected chi connectivity index (χ3v) is 3.33. The van der Waals surface area contributed by atoms with E-state index < -0.39 is 0 Å². The molecular formula is C12H27N. The van der Waals surface area contributed by atoms with Crippen molar-refractivity contribution in [3.63, 3.8) is 0 Å². The van der Waals surface area contributed by atoms with Gasteiger partial charge in [0.05, 0.1) is 0 Å². The average Bonchev–Trinajstić information content (AvgIpc) is 2.15. The molecule has 0 radical (unpaired) electrons. The number of hydrogen-bond donors (Lipinski definition) is 1. The lowest BCUT2D eigenvalue weighted by atomic mass is 9.83. The molecule has 0 amide bonds. The van der Waals surface area contributed by atoms with Crippen molar-refractivity contribution in [3.05, 3.63) is 0 Å². The van der Waals surface area contributed by atoms with Crippen LogP contribution in [0.25, 0.3) is 0 Å². The number of hydrogen-bond acceptors (Lipinski definition) is 1. The van der Waals surface area contributed by atoms with E-state index >= 15 is 0 Å². The standard InChI is InChI=1S/C12H27N/c1-6-8-13-9-11(4)12(5)10(3)7-2/h10-13H,6-9H2,1-5H3. The third-order valence-electron chi connectivity index (χ3n) is 3.33. The first-order chi connectivity index (χ1) is 6.13. The summed E-state index contributed by atoms with van der Waals surface area (Å²) >= 11 is 0. The van der Waals surface area contributed by atoms with Crippen molar-refractivity contribution in [2.45, 2.75) is 47.5 Å². The van der Waals surface area contributed by atoms with Crippen molar-refractivity contribution in [3.8, 4) is 0 Å². The predicted octanol–water partition coefficient (Wildman–Crippen LogP) is 3.30. The van der Waals surface area contributed by atoms with E-state index in [2.05, 4.69) is 39.9 Å². The molecule has 0 aliphatic carbocycles. The van der Waals surface area contributed by atoms with Gasteiger partial charge in [0.25, 0.3) is 0 Å². The molecule has 80 valence electrons. The minimum absolute atomic E-state index is 0.807. The van der Waals surface area contributed by atoms with Gasteiger partial charge >= 0.3 is 0 Å². The van der Waals surface area contributed by atoms with E-state index in [0.29, 0.717) is 0 Å². The highest BCUT2D eigenvalue weighted by Crippen LogP contribution is 2.22. The van der Waals surface area contributed by atoms with Crippen LogP contribution in [0, 0.1) is 17.8 Å². The van der Waals surface area contributed by atoms with Gasteiger partial charge in [-0.2, -0.15) is 0 Å². The molecule has 0 spiro atoms. The normalized spacial score (nSPS) is 18.2. The molecule has 0 saturated carbocycles. The Morgan fingerprint density at radius 3 is 2.08 bits per heavy atom. The predicted molar refractivity (Wildman–Crippen MR) is 60.9 cm³/mol. The van der Waals surface area contributed by atoms with Crippen LogP contribution in [-0.2, 0) is 0 Å². The van der Waals surface area contributed by atoms with E-state index in [-0.39, 0.29) is 0 Å². The molecule has 13 heavy (non-hydrogen) atoms. The van der Waals surface area contributed by atoms with Crippen molar-refractivity contribution in [1.82, 2.24) is 5.32 Å². The highest BCUT2D eigenvalue weighted by atomic mass is 14.8. The summed E-state index contributed by atoms with van der Waals surface area (Å²) in [5.74, 6) is 2.51. The van der Waals surface area contributed by atoms with Crippen LogP contribution in [0.15, 0.2) is 0 Å². The average molecular weight is 185 g/mol. The summed E-state index contributed by atoms with van der Waals surface area (Å²) in [6.07, 6.45) is 2.55. The fraction of sp³-hybridized carbons (Fsp3) is 1.00. The zero-order valence-corrected chi connectivity index (χ0v) is 10.1. The van der Waals surface area contributed by atoms with Crippen LogP contribution in [-0.4, -0.2) is 13.1 Å². The second-order valence-corrected chi connectivity index (χ2v) is 4.43. The maximum absolute atomic E-state index is 3.49. The Morgan fingerprint density at radius 1 is 1.00 bits per heavy atom. The second kappa shape index (κ2) is 7.37. The molecule has 3 atom stereocenters. The summed E-state index contributed by atoms with van der Waals surface area (Å²) in [4.78, 5) is 0. The Hall–Kier alpha value is -0.0400. The Kier molecular flexibility index (Phi) is 7.35. The molecule has 1 nitrogen and oxygen atoms in total. The van der Waals surface area contributed by atoms with E-state index in [9.17, 15) is 0 Å². The van der Waals surface area contributed by atoms with Gasteiger partial charge in [-0.25, -0.2) is 0 Å². The molecule has 0 aromatic carbocycles. The molecule has 0 rings (SSSR count). The lowest BCUT2D eigenvalue weighted by Gasteiger charge is -2.25. The van der Waals surface area contributed by atoms with Crippen LogP contribution < -0.4 is 5.32 Å². The van der Waals surface area contributed by atoms with Gasteiger partial charge < -0.3 is 5.32 Å². The molecule has 0 fully saturated rings. The maximum atomic E-state index is 3.49. The minimum Gasteiger partial charge on any atom is -0.316 e. The number of nitrogens with one attached hydrogen (secondary N) is 1. The molecule has 0 aromatic heterocycles. The van der Waals surface area contributed by atoms with E-state index in [4.69, 9.17) is 0 Å². The fourth-order valence-corrected chi connectivity index (χ4v) is 1.63. The lowest BCUT2D eigenvalue weighted by molar-refractivity contribution is 0.265. The smallest absolute Gasteiger partial charge is 0.00205 e. The highest BCUT2D eigenvalue weighted by Gasteiger charge is 2.16. The zero-order chi connectivity index (χ0) is 10.3. The Morgan fingerprint density at radius 2 is 1.62 bits per heavy atom. The summed E-state index contributed by atoms with van der Waals surface area (Å²) in [6.45, 7) is 14.0. The van der Waals surface area contributed by atoms with Crippen molar-refractivity contribution in [2.24, 2.45) is 17.8 Å². The Balaban J connectivity index is 3.62. The molecule has 0 aliphatic rings. The minimum atomic E-state index is 0.807. The monoisotopic (exact) mass is 185 g/mol. The Labute approximate surface area is 84.3 Å². The largest absolute Gasteiger partial charge is 0.316 e. The SMILES string of the molecule is CCCNCC(C)C(C)C(C)CC. The van der Waals surface area contributed by atoms with Gasteiger partial charge in [0.2, 0.25) is 0 Å². The first-order valence-corrected chi connectivity index (χ1v) is 5.84. The van der Waals surface area contributed by atoms with Crippen molar-refractivity contribution in [2.75, 3.05) is 13.1 Å². The van der Waals surface area contributed by atoms with Crippen molar-refractivity contribution >= 4 is 0 Å². The summed E-state index contributed by atoms with van der Waals surface area (Å²) in [6, 6.07) is 0. The fourth-order valence-electron chi connectivity index (χ4n) is 1.63. The van der Waals surface area contributed by atoms with E-state index in [1.807, 2.05) is 0 Å².